The maximum atomic E-state index is 13.7. The van der Waals surface area contributed by atoms with Gasteiger partial charge in [0.05, 0.1) is 22.6 Å². The molecule has 138 valence electrons. The van der Waals surface area contributed by atoms with Crippen LogP contribution in [0.25, 0.3) is 11.3 Å². The van der Waals surface area contributed by atoms with Crippen molar-refractivity contribution in [1.82, 2.24) is 19.9 Å². The van der Waals surface area contributed by atoms with Gasteiger partial charge in [0, 0.05) is 37.0 Å². The molecular formula is C20H19FN4OS. The molecular weight excluding hydrogens is 363 g/mol. The van der Waals surface area contributed by atoms with E-state index < -0.39 is 0 Å². The molecule has 0 aliphatic carbocycles. The Hall–Kier alpha value is -2.67. The topological polar surface area (TPSA) is 59.0 Å². The SMILES string of the molecule is Cc1ncsc1C(=O)N1CCC[C@H](c2nccnc2-c2cccc(F)c2)C1. The summed E-state index contributed by atoms with van der Waals surface area (Å²) in [4.78, 5) is 28.6. The van der Waals surface area contributed by atoms with Crippen molar-refractivity contribution in [2.24, 2.45) is 0 Å². The van der Waals surface area contributed by atoms with Crippen LogP contribution in [0.3, 0.4) is 0 Å². The molecule has 0 bridgehead atoms. The van der Waals surface area contributed by atoms with E-state index in [0.29, 0.717) is 22.7 Å². The van der Waals surface area contributed by atoms with Crippen LogP contribution in [-0.2, 0) is 0 Å². The lowest BCUT2D eigenvalue weighted by molar-refractivity contribution is 0.0710. The fourth-order valence-electron chi connectivity index (χ4n) is 3.54. The van der Waals surface area contributed by atoms with Crippen LogP contribution in [0.5, 0.6) is 0 Å². The third-order valence-corrected chi connectivity index (χ3v) is 5.78. The monoisotopic (exact) mass is 382 g/mol. The van der Waals surface area contributed by atoms with Gasteiger partial charge in [0.2, 0.25) is 0 Å². The van der Waals surface area contributed by atoms with E-state index in [1.165, 1.54) is 23.5 Å². The molecule has 0 saturated carbocycles. The lowest BCUT2D eigenvalue weighted by atomic mass is 9.91. The van der Waals surface area contributed by atoms with Gasteiger partial charge in [0.25, 0.3) is 5.91 Å². The number of hydrogen-bond donors (Lipinski definition) is 0. The van der Waals surface area contributed by atoms with Crippen LogP contribution >= 0.6 is 11.3 Å². The van der Waals surface area contributed by atoms with Crippen molar-refractivity contribution in [2.45, 2.75) is 25.7 Å². The van der Waals surface area contributed by atoms with Crippen LogP contribution in [0.2, 0.25) is 0 Å². The Bertz CT molecular complexity index is 974. The number of halogens is 1. The van der Waals surface area contributed by atoms with Crippen LogP contribution < -0.4 is 0 Å². The van der Waals surface area contributed by atoms with Crippen molar-refractivity contribution in [3.63, 3.8) is 0 Å². The summed E-state index contributed by atoms with van der Waals surface area (Å²) in [5, 5.41) is 0. The normalized spacial score (nSPS) is 17.1. The number of amides is 1. The predicted octanol–water partition coefficient (Wildman–Crippen LogP) is 4.07. The summed E-state index contributed by atoms with van der Waals surface area (Å²) < 4.78 is 13.7. The molecule has 5 nitrogen and oxygen atoms in total. The van der Waals surface area contributed by atoms with Gasteiger partial charge in [-0.1, -0.05) is 12.1 Å². The molecule has 0 spiro atoms. The van der Waals surface area contributed by atoms with Gasteiger partial charge in [-0.05, 0) is 31.9 Å². The number of rotatable bonds is 3. The van der Waals surface area contributed by atoms with Crippen molar-refractivity contribution in [2.75, 3.05) is 13.1 Å². The second-order valence-electron chi connectivity index (χ2n) is 6.66. The Morgan fingerprint density at radius 3 is 2.89 bits per heavy atom. The lowest BCUT2D eigenvalue weighted by Crippen LogP contribution is -2.39. The van der Waals surface area contributed by atoms with E-state index in [1.807, 2.05) is 17.9 Å². The second-order valence-corrected chi connectivity index (χ2v) is 7.51. The van der Waals surface area contributed by atoms with E-state index in [9.17, 15) is 9.18 Å². The average molecular weight is 382 g/mol. The molecule has 7 heteroatoms. The van der Waals surface area contributed by atoms with Crippen LogP contribution in [0, 0.1) is 12.7 Å². The highest BCUT2D eigenvalue weighted by Gasteiger charge is 2.29. The minimum atomic E-state index is -0.301. The maximum Gasteiger partial charge on any atom is 0.265 e. The first-order chi connectivity index (χ1) is 13.1. The zero-order chi connectivity index (χ0) is 18.8. The third kappa shape index (κ3) is 3.60. The summed E-state index contributed by atoms with van der Waals surface area (Å²) in [5.41, 5.74) is 4.69. The van der Waals surface area contributed by atoms with Gasteiger partial charge in [-0.25, -0.2) is 9.37 Å². The van der Waals surface area contributed by atoms with Crippen molar-refractivity contribution in [1.29, 1.82) is 0 Å². The number of likely N-dealkylation sites (tertiary alicyclic amines) is 1. The first-order valence-corrected chi connectivity index (χ1v) is 9.77. The molecule has 1 saturated heterocycles. The van der Waals surface area contributed by atoms with E-state index in [4.69, 9.17) is 0 Å². The Morgan fingerprint density at radius 2 is 2.11 bits per heavy atom. The second kappa shape index (κ2) is 7.52. The van der Waals surface area contributed by atoms with Crippen molar-refractivity contribution in [3.8, 4) is 11.3 Å². The molecule has 1 fully saturated rings. The number of piperidine rings is 1. The van der Waals surface area contributed by atoms with Crippen LogP contribution in [0.1, 0.15) is 39.8 Å². The number of aryl methyl sites for hydroxylation is 1. The molecule has 1 aliphatic heterocycles. The summed E-state index contributed by atoms with van der Waals surface area (Å²) in [6, 6.07) is 6.40. The number of carbonyl (C=O) groups excluding carboxylic acids is 1. The first kappa shape index (κ1) is 17.7. The summed E-state index contributed by atoms with van der Waals surface area (Å²) in [5.74, 6) is -0.205. The number of thiazole rings is 1. The number of nitrogens with zero attached hydrogens (tertiary/aromatic N) is 4. The fraction of sp³-hybridized carbons (Fsp3) is 0.300. The molecule has 1 amide bonds. The van der Waals surface area contributed by atoms with Crippen molar-refractivity contribution < 1.29 is 9.18 Å². The van der Waals surface area contributed by atoms with Gasteiger partial charge in [-0.3, -0.25) is 14.8 Å². The van der Waals surface area contributed by atoms with Gasteiger partial charge in [0.15, 0.2) is 0 Å². The molecule has 4 rings (SSSR count). The molecule has 27 heavy (non-hydrogen) atoms. The number of carbonyl (C=O) groups is 1. The van der Waals surface area contributed by atoms with Crippen LogP contribution in [0.4, 0.5) is 4.39 Å². The fourth-order valence-corrected chi connectivity index (χ4v) is 4.31. The first-order valence-electron chi connectivity index (χ1n) is 8.89. The van der Waals surface area contributed by atoms with E-state index in [1.54, 1.807) is 24.0 Å². The quantitative estimate of drug-likeness (QED) is 0.685. The highest BCUT2D eigenvalue weighted by molar-refractivity contribution is 7.11. The smallest absolute Gasteiger partial charge is 0.265 e. The molecule has 0 N–H and O–H groups in total. The Morgan fingerprint density at radius 1 is 1.26 bits per heavy atom. The van der Waals surface area contributed by atoms with Crippen molar-refractivity contribution >= 4 is 17.2 Å². The highest BCUT2D eigenvalue weighted by Crippen LogP contribution is 2.32. The molecule has 3 heterocycles. The molecule has 3 aromatic rings. The number of hydrogen-bond acceptors (Lipinski definition) is 5. The molecule has 0 radical (unpaired) electrons. The summed E-state index contributed by atoms with van der Waals surface area (Å²) in [6.45, 7) is 3.16. The Labute approximate surface area is 160 Å². The summed E-state index contributed by atoms with van der Waals surface area (Å²) in [7, 11) is 0. The van der Waals surface area contributed by atoms with Gasteiger partial charge >= 0.3 is 0 Å². The van der Waals surface area contributed by atoms with Crippen molar-refractivity contribution in [3.05, 3.63) is 64.3 Å². The zero-order valence-corrected chi connectivity index (χ0v) is 15.7. The Kier molecular flexibility index (Phi) is 4.94. The molecule has 1 aliphatic rings. The van der Waals surface area contributed by atoms with Crippen LogP contribution in [0.15, 0.2) is 42.2 Å². The summed E-state index contributed by atoms with van der Waals surface area (Å²) in [6.07, 6.45) is 5.10. The van der Waals surface area contributed by atoms with Crippen LogP contribution in [-0.4, -0.2) is 38.8 Å². The average Bonchev–Trinajstić information content (AvgIpc) is 3.13. The van der Waals surface area contributed by atoms with E-state index in [0.717, 1.165) is 30.8 Å². The van der Waals surface area contributed by atoms with E-state index >= 15 is 0 Å². The maximum absolute atomic E-state index is 13.7. The van der Waals surface area contributed by atoms with Gasteiger partial charge < -0.3 is 4.90 Å². The summed E-state index contributed by atoms with van der Waals surface area (Å²) >= 11 is 1.38. The van der Waals surface area contributed by atoms with E-state index in [-0.39, 0.29) is 17.6 Å². The van der Waals surface area contributed by atoms with E-state index in [2.05, 4.69) is 15.0 Å². The largest absolute Gasteiger partial charge is 0.337 e. The zero-order valence-electron chi connectivity index (χ0n) is 14.9. The Balaban J connectivity index is 1.63. The third-order valence-electron chi connectivity index (χ3n) is 4.86. The predicted molar refractivity (Wildman–Crippen MR) is 102 cm³/mol. The standard InChI is InChI=1S/C20H19FN4OS/c1-13-19(27-12-24-13)20(26)25-9-3-5-15(11-25)18-17(22-7-8-23-18)14-4-2-6-16(21)10-14/h2,4,6-8,10,12,15H,3,5,9,11H2,1H3/t15-/m0/s1. The van der Waals surface area contributed by atoms with Gasteiger partial charge in [0.1, 0.15) is 10.7 Å². The highest BCUT2D eigenvalue weighted by atomic mass is 32.1. The minimum absolute atomic E-state index is 0.0240. The van der Waals surface area contributed by atoms with Gasteiger partial charge in [-0.15, -0.1) is 11.3 Å². The van der Waals surface area contributed by atoms with Gasteiger partial charge in [-0.2, -0.15) is 0 Å². The lowest BCUT2D eigenvalue weighted by Gasteiger charge is -2.32. The molecule has 1 aromatic carbocycles. The molecule has 2 aromatic heterocycles. The minimum Gasteiger partial charge on any atom is -0.337 e. The number of benzene rings is 1. The molecule has 1 atom stereocenters. The number of aromatic nitrogens is 3. The molecule has 0 unspecified atom stereocenters.